The van der Waals surface area contributed by atoms with Crippen LogP contribution in [-0.2, 0) is 7.05 Å². The minimum absolute atomic E-state index is 0.789. The Morgan fingerprint density at radius 2 is 1.88 bits per heavy atom. The van der Waals surface area contributed by atoms with Crippen LogP contribution < -0.4 is 5.73 Å². The van der Waals surface area contributed by atoms with Crippen LogP contribution in [0, 0.1) is 0 Å². The average Bonchev–Trinajstić information content (AvgIpc) is 2.70. The Hall–Kier alpha value is -2.29. The van der Waals surface area contributed by atoms with Crippen molar-refractivity contribution < 1.29 is 0 Å². The maximum absolute atomic E-state index is 6.09. The number of nitrogen functional groups attached to an aromatic ring is 1. The summed E-state index contributed by atoms with van der Waals surface area (Å²) in [4.78, 5) is 0. The number of nitrogens with two attached hydrogens (primary N) is 1. The summed E-state index contributed by atoms with van der Waals surface area (Å²) in [6, 6.07) is 14.2. The van der Waals surface area contributed by atoms with Gasteiger partial charge in [0.1, 0.15) is 0 Å². The highest BCUT2D eigenvalue weighted by Gasteiger charge is 2.07. The van der Waals surface area contributed by atoms with Gasteiger partial charge < -0.3 is 5.73 Å². The summed E-state index contributed by atoms with van der Waals surface area (Å²) >= 11 is 0. The van der Waals surface area contributed by atoms with Gasteiger partial charge in [0.25, 0.3) is 0 Å². The van der Waals surface area contributed by atoms with Crippen LogP contribution in [0.3, 0.4) is 0 Å². The molecule has 84 valence electrons. The molecule has 0 atom stereocenters. The summed E-state index contributed by atoms with van der Waals surface area (Å²) in [5.41, 5.74) is 10.2. The number of hydrogen-bond acceptors (Lipinski definition) is 2. The lowest BCUT2D eigenvalue weighted by Gasteiger charge is -2.06. The molecule has 17 heavy (non-hydrogen) atoms. The van der Waals surface area contributed by atoms with Crippen molar-refractivity contribution in [2.24, 2.45) is 7.05 Å². The normalized spacial score (nSPS) is 10.9. The minimum atomic E-state index is 0.789. The fraction of sp³-hybridized carbons (Fsp3) is 0.0714. The molecule has 0 aliphatic heterocycles. The van der Waals surface area contributed by atoms with Crippen molar-refractivity contribution in [3.05, 3.63) is 48.7 Å². The molecule has 1 aromatic heterocycles. The summed E-state index contributed by atoms with van der Waals surface area (Å²) in [6.45, 7) is 0. The van der Waals surface area contributed by atoms with Crippen LogP contribution >= 0.6 is 0 Å². The van der Waals surface area contributed by atoms with Gasteiger partial charge >= 0.3 is 0 Å². The Morgan fingerprint density at radius 3 is 2.65 bits per heavy atom. The van der Waals surface area contributed by atoms with Crippen molar-refractivity contribution in [2.75, 3.05) is 5.73 Å². The lowest BCUT2D eigenvalue weighted by molar-refractivity contribution is 0.797. The number of rotatable bonds is 1. The molecular weight excluding hydrogens is 210 g/mol. The summed E-state index contributed by atoms with van der Waals surface area (Å²) in [7, 11) is 1.94. The first-order chi connectivity index (χ1) is 8.25. The zero-order chi connectivity index (χ0) is 11.8. The van der Waals surface area contributed by atoms with E-state index in [1.807, 2.05) is 42.2 Å². The lowest BCUT2D eigenvalue weighted by Crippen LogP contribution is -1.93. The van der Waals surface area contributed by atoms with Gasteiger partial charge in [-0.05, 0) is 17.7 Å². The zero-order valence-corrected chi connectivity index (χ0v) is 9.59. The largest absolute Gasteiger partial charge is 0.398 e. The van der Waals surface area contributed by atoms with Gasteiger partial charge in [-0.25, -0.2) is 0 Å². The van der Waals surface area contributed by atoms with E-state index in [0.717, 1.165) is 27.7 Å². The Morgan fingerprint density at radius 1 is 1.12 bits per heavy atom. The second-order valence-electron chi connectivity index (χ2n) is 4.13. The van der Waals surface area contributed by atoms with Gasteiger partial charge in [-0.15, -0.1) is 0 Å². The zero-order valence-electron chi connectivity index (χ0n) is 9.59. The molecule has 2 N–H and O–H groups in total. The molecular formula is C14H13N3. The van der Waals surface area contributed by atoms with Crippen molar-refractivity contribution in [3.8, 4) is 11.1 Å². The van der Waals surface area contributed by atoms with E-state index in [-0.39, 0.29) is 0 Å². The lowest BCUT2D eigenvalue weighted by atomic mass is 10.0. The van der Waals surface area contributed by atoms with Crippen LogP contribution in [0.4, 0.5) is 5.69 Å². The second kappa shape index (κ2) is 3.63. The van der Waals surface area contributed by atoms with Crippen molar-refractivity contribution in [1.82, 2.24) is 9.78 Å². The molecule has 0 saturated heterocycles. The molecule has 0 spiro atoms. The number of fused-ring (bicyclic) bond motifs is 1. The molecule has 3 aromatic rings. The fourth-order valence-electron chi connectivity index (χ4n) is 2.08. The molecule has 2 aromatic carbocycles. The van der Waals surface area contributed by atoms with E-state index < -0.39 is 0 Å². The second-order valence-corrected chi connectivity index (χ2v) is 4.13. The van der Waals surface area contributed by atoms with E-state index in [4.69, 9.17) is 5.73 Å². The van der Waals surface area contributed by atoms with E-state index in [0.29, 0.717) is 0 Å². The highest BCUT2D eigenvalue weighted by Crippen LogP contribution is 2.30. The highest BCUT2D eigenvalue weighted by atomic mass is 15.2. The molecule has 0 radical (unpaired) electrons. The van der Waals surface area contributed by atoms with Gasteiger partial charge in [0.15, 0.2) is 0 Å². The predicted octanol–water partition coefficient (Wildman–Crippen LogP) is 2.82. The van der Waals surface area contributed by atoms with Gasteiger partial charge in [0, 0.05) is 23.7 Å². The Balaban J connectivity index is 2.29. The Bertz CT molecular complexity index is 669. The van der Waals surface area contributed by atoms with Crippen LogP contribution in [0.5, 0.6) is 0 Å². The highest BCUT2D eigenvalue weighted by molar-refractivity contribution is 5.91. The van der Waals surface area contributed by atoms with E-state index in [2.05, 4.69) is 23.3 Å². The van der Waals surface area contributed by atoms with Gasteiger partial charge in [-0.1, -0.05) is 30.3 Å². The number of aryl methyl sites for hydroxylation is 1. The van der Waals surface area contributed by atoms with Crippen molar-refractivity contribution in [1.29, 1.82) is 0 Å². The average molecular weight is 223 g/mol. The third-order valence-electron chi connectivity index (χ3n) is 3.00. The van der Waals surface area contributed by atoms with E-state index in [9.17, 15) is 0 Å². The van der Waals surface area contributed by atoms with Crippen molar-refractivity contribution in [3.63, 3.8) is 0 Å². The van der Waals surface area contributed by atoms with Gasteiger partial charge in [0.2, 0.25) is 0 Å². The van der Waals surface area contributed by atoms with Crippen molar-refractivity contribution >= 4 is 16.6 Å². The first-order valence-corrected chi connectivity index (χ1v) is 5.52. The van der Waals surface area contributed by atoms with Crippen LogP contribution in [0.15, 0.2) is 48.7 Å². The molecule has 0 saturated carbocycles. The molecule has 3 nitrogen and oxygen atoms in total. The van der Waals surface area contributed by atoms with Gasteiger partial charge in [-0.3, -0.25) is 4.68 Å². The number of benzene rings is 2. The monoisotopic (exact) mass is 223 g/mol. The quantitative estimate of drug-likeness (QED) is 0.645. The molecule has 1 heterocycles. The summed E-state index contributed by atoms with van der Waals surface area (Å²) in [5.74, 6) is 0. The van der Waals surface area contributed by atoms with E-state index in [1.54, 1.807) is 0 Å². The Labute approximate surface area is 99.5 Å². The maximum Gasteiger partial charge on any atom is 0.0686 e. The molecule has 3 heteroatoms. The van der Waals surface area contributed by atoms with Crippen LogP contribution in [0.1, 0.15) is 0 Å². The standard InChI is InChI=1S/C14H13N3/c1-17-14-8-12(10-5-3-2-4-6-10)13(15)7-11(14)9-16-17/h2-9H,15H2,1H3. The van der Waals surface area contributed by atoms with E-state index >= 15 is 0 Å². The van der Waals surface area contributed by atoms with E-state index in [1.165, 1.54) is 0 Å². The first-order valence-electron chi connectivity index (χ1n) is 5.52. The number of aromatic nitrogens is 2. The first kappa shape index (κ1) is 9.90. The predicted molar refractivity (Wildman–Crippen MR) is 70.6 cm³/mol. The summed E-state index contributed by atoms with van der Waals surface area (Å²) < 4.78 is 1.86. The molecule has 0 aliphatic carbocycles. The molecule has 0 fully saturated rings. The minimum Gasteiger partial charge on any atom is -0.398 e. The number of anilines is 1. The van der Waals surface area contributed by atoms with Crippen LogP contribution in [0.25, 0.3) is 22.0 Å². The molecule has 0 unspecified atom stereocenters. The SMILES string of the molecule is Cn1ncc2cc(N)c(-c3ccccc3)cc21. The summed E-state index contributed by atoms with van der Waals surface area (Å²) in [5, 5.41) is 5.31. The topological polar surface area (TPSA) is 43.8 Å². The van der Waals surface area contributed by atoms with Gasteiger partial charge in [0.05, 0.1) is 11.7 Å². The number of nitrogens with zero attached hydrogens (tertiary/aromatic N) is 2. The molecule has 0 bridgehead atoms. The fourth-order valence-corrected chi connectivity index (χ4v) is 2.08. The van der Waals surface area contributed by atoms with Crippen molar-refractivity contribution in [2.45, 2.75) is 0 Å². The number of hydrogen-bond donors (Lipinski definition) is 1. The molecule has 0 aliphatic rings. The summed E-state index contributed by atoms with van der Waals surface area (Å²) in [6.07, 6.45) is 1.83. The van der Waals surface area contributed by atoms with Crippen LogP contribution in [-0.4, -0.2) is 9.78 Å². The van der Waals surface area contributed by atoms with Crippen LogP contribution in [0.2, 0.25) is 0 Å². The molecule has 0 amide bonds. The maximum atomic E-state index is 6.09. The molecule has 3 rings (SSSR count). The smallest absolute Gasteiger partial charge is 0.0686 e. The third-order valence-corrected chi connectivity index (χ3v) is 3.00. The third kappa shape index (κ3) is 1.56. The van der Waals surface area contributed by atoms with Gasteiger partial charge in [-0.2, -0.15) is 5.10 Å². The Kier molecular flexibility index (Phi) is 2.11.